The summed E-state index contributed by atoms with van der Waals surface area (Å²) in [6.45, 7) is -8.64. The van der Waals surface area contributed by atoms with Crippen LogP contribution in [0.25, 0.3) is 0 Å². The SMILES string of the molecule is O=C(NCC(O)CO)c1c(I)c(C(=O)NCC(O)CO)c(I)c(N(CC(O)CN(C(=O)CO)c2c(I)c(C(=O)NCC(O)CO)c(I)c(C(=O)NCC(O)CO)c2I)C(=O)CO)c1I. The topological polar surface area (TPSA) is 380 Å². The van der Waals surface area contributed by atoms with E-state index < -0.39 is 145 Å². The molecular weight excluding hydrogens is 1540 g/mol. The quantitative estimate of drug-likeness (QED) is 0.0451. The van der Waals surface area contributed by atoms with Crippen molar-refractivity contribution in [2.45, 2.75) is 30.5 Å². The van der Waals surface area contributed by atoms with Crippen LogP contribution in [0.5, 0.6) is 0 Å². The van der Waals surface area contributed by atoms with Gasteiger partial charge in [-0.25, -0.2) is 0 Å². The zero-order valence-electron chi connectivity index (χ0n) is 32.9. The van der Waals surface area contributed by atoms with E-state index in [0.29, 0.717) is 0 Å². The van der Waals surface area contributed by atoms with Crippen molar-refractivity contribution in [3.8, 4) is 0 Å². The van der Waals surface area contributed by atoms with Crippen LogP contribution >= 0.6 is 136 Å². The molecule has 0 aromatic heterocycles. The lowest BCUT2D eigenvalue weighted by atomic mass is 10.0. The third-order valence-corrected chi connectivity index (χ3v) is 14.9. The Bertz CT molecular complexity index is 1790. The number of nitrogens with one attached hydrogen (secondary N) is 4. The predicted octanol–water partition coefficient (Wildman–Crippen LogP) is -3.64. The number of rotatable bonds is 24. The molecule has 2 aromatic carbocycles. The minimum Gasteiger partial charge on any atom is -0.394 e. The molecule has 64 heavy (non-hydrogen) atoms. The summed E-state index contributed by atoms with van der Waals surface area (Å²) in [5.41, 5.74) is -1.31. The first kappa shape index (κ1) is 59.3. The van der Waals surface area contributed by atoms with E-state index in [9.17, 15) is 84.9 Å². The molecule has 0 spiro atoms. The number of carbonyl (C=O) groups is 6. The van der Waals surface area contributed by atoms with Gasteiger partial charge in [0.1, 0.15) is 13.2 Å². The zero-order valence-corrected chi connectivity index (χ0v) is 45.8. The summed E-state index contributed by atoms with van der Waals surface area (Å²) in [5, 5.41) is 119. The lowest BCUT2D eigenvalue weighted by Crippen LogP contribution is -2.48. The van der Waals surface area contributed by atoms with E-state index in [1.54, 1.807) is 136 Å². The Hall–Kier alpha value is -0.800. The normalized spacial score (nSPS) is 13.6. The first-order chi connectivity index (χ1) is 30.1. The van der Waals surface area contributed by atoms with Gasteiger partial charge < -0.3 is 87.2 Å². The van der Waals surface area contributed by atoms with Crippen LogP contribution in [0.15, 0.2) is 0 Å². The van der Waals surface area contributed by atoms with Crippen molar-refractivity contribution in [2.24, 2.45) is 0 Å². The summed E-state index contributed by atoms with van der Waals surface area (Å²) in [7, 11) is 0. The number of benzene rings is 2. The molecule has 0 saturated carbocycles. The van der Waals surface area contributed by atoms with Crippen molar-refractivity contribution in [3.63, 3.8) is 0 Å². The molecule has 0 aliphatic carbocycles. The number of anilines is 2. The summed E-state index contributed by atoms with van der Waals surface area (Å²) in [4.78, 5) is 83.7. The standard InChI is InChI=1S/C35H44I6N6O17/c36-24-20(32(61)42-1-13(54)7-48)26(38)30(27(39)21(24)33(62)43-2-14(55)8-49)46(18(59)11-52)5-17(58)6-47(19(60)12-53)31-28(40)22(34(63)44-3-15(56)9-50)25(37)23(29(31)41)35(64)45-4-16(57)10-51/h13-17,48-58H,1-12H2,(H,42,61)(H,43,62)(H,44,63)(H,45,64). The fourth-order valence-electron chi connectivity index (χ4n) is 5.31. The van der Waals surface area contributed by atoms with Crippen molar-refractivity contribution >= 4 is 182 Å². The molecule has 0 fully saturated rings. The molecule has 0 bridgehead atoms. The lowest BCUT2D eigenvalue weighted by molar-refractivity contribution is -0.121. The Morgan fingerprint density at radius 3 is 0.797 bits per heavy atom. The maximum atomic E-state index is 13.7. The van der Waals surface area contributed by atoms with E-state index in [-0.39, 0.29) is 55.0 Å². The summed E-state index contributed by atoms with van der Waals surface area (Å²) >= 11 is 10.2. The fourth-order valence-corrected chi connectivity index (χ4v) is 14.8. The molecule has 0 aliphatic heterocycles. The Morgan fingerprint density at radius 2 is 0.609 bits per heavy atom. The van der Waals surface area contributed by atoms with Crippen molar-refractivity contribution in [3.05, 3.63) is 43.7 Å². The zero-order chi connectivity index (χ0) is 48.7. The molecule has 4 atom stereocenters. The second-order valence-electron chi connectivity index (χ2n) is 13.2. The minimum atomic E-state index is -1.84. The molecule has 4 unspecified atom stereocenters. The predicted molar refractivity (Wildman–Crippen MR) is 276 cm³/mol. The maximum Gasteiger partial charge on any atom is 0.253 e. The summed E-state index contributed by atoms with van der Waals surface area (Å²) in [6, 6.07) is 0. The van der Waals surface area contributed by atoms with E-state index in [4.69, 9.17) is 0 Å². The second-order valence-corrected chi connectivity index (χ2v) is 19.7. The smallest absolute Gasteiger partial charge is 0.253 e. The molecule has 2 rings (SSSR count). The number of halogens is 6. The molecule has 29 heteroatoms. The highest BCUT2D eigenvalue weighted by Gasteiger charge is 2.36. The van der Waals surface area contributed by atoms with Gasteiger partial charge in [0.15, 0.2) is 0 Å². The van der Waals surface area contributed by atoms with E-state index in [0.717, 1.165) is 9.80 Å². The van der Waals surface area contributed by atoms with Crippen molar-refractivity contribution < 1.29 is 84.9 Å². The Morgan fingerprint density at radius 1 is 0.391 bits per heavy atom. The number of amides is 6. The van der Waals surface area contributed by atoms with Crippen LogP contribution in [0, 0.1) is 21.4 Å². The monoisotopic (exact) mass is 1580 g/mol. The summed E-state index contributed by atoms with van der Waals surface area (Å²) in [5.74, 6) is -5.74. The van der Waals surface area contributed by atoms with Gasteiger partial charge in [-0.2, -0.15) is 0 Å². The van der Waals surface area contributed by atoms with Crippen LogP contribution in [-0.4, -0.2) is 201 Å². The molecule has 0 radical (unpaired) electrons. The average Bonchev–Trinajstić information content (AvgIpc) is 3.26. The van der Waals surface area contributed by atoms with Crippen LogP contribution in [0.2, 0.25) is 0 Å². The number of nitrogens with zero attached hydrogens (tertiary/aromatic N) is 2. The number of aliphatic hydroxyl groups excluding tert-OH is 11. The van der Waals surface area contributed by atoms with E-state index in [2.05, 4.69) is 21.3 Å². The number of hydrogen-bond acceptors (Lipinski definition) is 17. The van der Waals surface area contributed by atoms with Gasteiger partial charge >= 0.3 is 0 Å². The molecule has 0 heterocycles. The largest absolute Gasteiger partial charge is 0.394 e. The summed E-state index contributed by atoms with van der Waals surface area (Å²) in [6.07, 6.45) is -7.38. The third-order valence-electron chi connectivity index (χ3n) is 8.53. The molecule has 23 nitrogen and oxygen atoms in total. The van der Waals surface area contributed by atoms with Crippen LogP contribution in [0.3, 0.4) is 0 Å². The molecule has 2 aromatic rings. The van der Waals surface area contributed by atoms with E-state index in [1.165, 1.54) is 0 Å². The van der Waals surface area contributed by atoms with Crippen LogP contribution in [0.4, 0.5) is 11.4 Å². The summed E-state index contributed by atoms with van der Waals surface area (Å²) < 4.78 is -0.0414. The highest BCUT2D eigenvalue weighted by atomic mass is 127. The van der Waals surface area contributed by atoms with E-state index >= 15 is 0 Å². The van der Waals surface area contributed by atoms with Crippen LogP contribution < -0.4 is 31.1 Å². The first-order valence-corrected chi connectivity index (χ1v) is 24.8. The van der Waals surface area contributed by atoms with Crippen molar-refractivity contribution in [1.82, 2.24) is 21.3 Å². The minimum absolute atomic E-state index is 0.0121. The number of aliphatic hydroxyl groups is 11. The fraction of sp³-hybridized carbons (Fsp3) is 0.486. The van der Waals surface area contributed by atoms with Crippen LogP contribution in [-0.2, 0) is 9.59 Å². The molecular formula is C35H44I6N6O17. The Balaban J connectivity index is 2.92. The van der Waals surface area contributed by atoms with Gasteiger partial charge in [0, 0.05) is 33.3 Å². The average molecular weight is 1580 g/mol. The number of carbonyl (C=O) groups excluding carboxylic acids is 6. The van der Waals surface area contributed by atoms with Gasteiger partial charge in [0.25, 0.3) is 35.4 Å². The van der Waals surface area contributed by atoms with Gasteiger partial charge in [-0.3, -0.25) is 28.8 Å². The maximum absolute atomic E-state index is 13.7. The highest BCUT2D eigenvalue weighted by Crippen LogP contribution is 2.40. The van der Waals surface area contributed by atoms with E-state index in [1.807, 2.05) is 0 Å². The molecule has 6 amide bonds. The molecule has 15 N–H and O–H groups in total. The van der Waals surface area contributed by atoms with Gasteiger partial charge in [-0.1, -0.05) is 0 Å². The highest BCUT2D eigenvalue weighted by molar-refractivity contribution is 14.1. The molecule has 358 valence electrons. The van der Waals surface area contributed by atoms with Crippen molar-refractivity contribution in [1.29, 1.82) is 0 Å². The molecule has 0 aliphatic rings. The van der Waals surface area contributed by atoms with Crippen LogP contribution in [0.1, 0.15) is 41.4 Å². The van der Waals surface area contributed by atoms with Crippen molar-refractivity contribution in [2.75, 3.05) is 88.7 Å². The first-order valence-electron chi connectivity index (χ1n) is 18.3. The van der Waals surface area contributed by atoms with Gasteiger partial charge in [0.05, 0.1) is 118 Å². The van der Waals surface area contributed by atoms with Gasteiger partial charge in [-0.05, 0) is 136 Å². The molecule has 0 saturated heterocycles. The Labute approximate surface area is 446 Å². The Kier molecular flexibility index (Phi) is 26.5. The third kappa shape index (κ3) is 15.6. The second kappa shape index (κ2) is 28.6. The number of hydrogen-bond donors (Lipinski definition) is 15. The van der Waals surface area contributed by atoms with Gasteiger partial charge in [-0.15, -0.1) is 0 Å². The lowest BCUT2D eigenvalue weighted by Gasteiger charge is -2.33. The van der Waals surface area contributed by atoms with Gasteiger partial charge in [0.2, 0.25) is 0 Å².